The molecular weight excluding hydrogens is 596 g/mol. The number of hydrogen-bond acceptors (Lipinski definition) is 12. The summed E-state index contributed by atoms with van der Waals surface area (Å²) in [7, 11) is 1.89. The van der Waals surface area contributed by atoms with Crippen LogP contribution in [-0.2, 0) is 38.4 Å². The van der Waals surface area contributed by atoms with E-state index in [-0.39, 0.29) is 42.7 Å². The SMILES string of the molecule is N[C@@H](CCC(=O)N[C@@H](CSSC[C@H](NC(=O)CC[C@H](N)C(=O)O)C(=O)NCC(=O)O)C(=O)NCC(=O)O)C(=O)O.O. The topological polar surface area (TPSA) is 349 Å². The number of aliphatic carboxylic acids is 4. The number of hydrogen-bond donors (Lipinski definition) is 10. The summed E-state index contributed by atoms with van der Waals surface area (Å²) >= 11 is 0. The fourth-order valence-corrected chi connectivity index (χ4v) is 4.85. The van der Waals surface area contributed by atoms with Gasteiger partial charge in [-0.3, -0.25) is 38.4 Å². The van der Waals surface area contributed by atoms with E-state index in [0.29, 0.717) is 0 Å². The molecule has 0 bridgehead atoms. The molecule has 0 radical (unpaired) electrons. The molecule has 0 aliphatic heterocycles. The number of nitrogens with two attached hydrogens (primary N) is 2. The van der Waals surface area contributed by atoms with Gasteiger partial charge in [0.15, 0.2) is 0 Å². The lowest BCUT2D eigenvalue weighted by Crippen LogP contribution is -2.50. The number of carbonyl (C=O) groups is 8. The summed E-state index contributed by atoms with van der Waals surface area (Å²) in [6.07, 6.45) is -1.12. The van der Waals surface area contributed by atoms with Gasteiger partial charge in [-0.15, -0.1) is 0 Å². The van der Waals surface area contributed by atoms with E-state index in [2.05, 4.69) is 21.3 Å². The van der Waals surface area contributed by atoms with Crippen LogP contribution in [0.3, 0.4) is 0 Å². The Morgan fingerprint density at radius 2 is 0.927 bits per heavy atom. The Morgan fingerprint density at radius 1 is 0.610 bits per heavy atom. The van der Waals surface area contributed by atoms with Crippen molar-refractivity contribution in [3.63, 3.8) is 0 Å². The van der Waals surface area contributed by atoms with Crippen LogP contribution in [0.5, 0.6) is 0 Å². The smallest absolute Gasteiger partial charge is 0.322 e. The summed E-state index contributed by atoms with van der Waals surface area (Å²) in [5, 5.41) is 44.1. The van der Waals surface area contributed by atoms with Crippen molar-refractivity contribution in [2.45, 2.75) is 49.9 Å². The highest BCUT2D eigenvalue weighted by Crippen LogP contribution is 2.23. The molecular formula is C20H34N6O13S2. The normalized spacial score (nSPS) is 13.2. The zero-order chi connectivity index (χ0) is 30.8. The fraction of sp³-hybridized carbons (Fsp3) is 0.600. The molecule has 0 aromatic heterocycles. The van der Waals surface area contributed by atoms with E-state index in [0.717, 1.165) is 21.6 Å². The fourth-order valence-electron chi connectivity index (χ4n) is 2.52. The minimum atomic E-state index is -1.34. The molecule has 21 heteroatoms. The van der Waals surface area contributed by atoms with Crippen LogP contribution in [0, 0.1) is 0 Å². The molecule has 0 aromatic rings. The van der Waals surface area contributed by atoms with Gasteiger partial charge >= 0.3 is 23.9 Å². The second kappa shape index (κ2) is 21.1. The molecule has 14 N–H and O–H groups in total. The van der Waals surface area contributed by atoms with Crippen molar-refractivity contribution in [3.05, 3.63) is 0 Å². The largest absolute Gasteiger partial charge is 0.480 e. The lowest BCUT2D eigenvalue weighted by atomic mass is 10.1. The van der Waals surface area contributed by atoms with Crippen molar-refractivity contribution in [2.24, 2.45) is 11.5 Å². The Balaban J connectivity index is 0. The van der Waals surface area contributed by atoms with Crippen molar-refractivity contribution in [1.82, 2.24) is 21.3 Å². The van der Waals surface area contributed by atoms with Gasteiger partial charge in [-0.1, -0.05) is 21.6 Å². The first-order valence-corrected chi connectivity index (χ1v) is 13.9. The molecule has 0 rings (SSSR count). The average Bonchev–Trinajstić information content (AvgIpc) is 2.87. The molecule has 0 aromatic carbocycles. The summed E-state index contributed by atoms with van der Waals surface area (Å²) in [4.78, 5) is 92.3. The van der Waals surface area contributed by atoms with Crippen LogP contribution >= 0.6 is 21.6 Å². The molecule has 0 aliphatic rings. The van der Waals surface area contributed by atoms with Gasteiger partial charge < -0.3 is 58.6 Å². The second-order valence-corrected chi connectivity index (χ2v) is 10.6. The minimum Gasteiger partial charge on any atom is -0.480 e. The maximum absolute atomic E-state index is 12.4. The van der Waals surface area contributed by atoms with Gasteiger partial charge in [-0.25, -0.2) is 0 Å². The number of rotatable bonds is 21. The van der Waals surface area contributed by atoms with Crippen molar-refractivity contribution in [2.75, 3.05) is 24.6 Å². The number of carboxylic acids is 4. The standard InChI is InChI=1S/C20H32N6O12S2.H2O/c21-9(19(35)36)1-3-13(27)25-11(17(33)23-5-15(29)30)7-39-40-8-12(18(34)24-6-16(31)32)26-14(28)4-2-10(22)20(37)38;/h9-12H,1-8,21-22H2,(H,23,33)(H,24,34)(H,25,27)(H,26,28)(H,29,30)(H,31,32)(H,35,36)(H,37,38);1H2/t9-,10-,11-,12-;/m0./s1. The Kier molecular flexibility index (Phi) is 20.4. The van der Waals surface area contributed by atoms with Gasteiger partial charge in [-0.2, -0.15) is 0 Å². The van der Waals surface area contributed by atoms with E-state index in [4.69, 9.17) is 31.9 Å². The molecule has 0 saturated heterocycles. The molecule has 0 fully saturated rings. The molecule has 4 atom stereocenters. The van der Waals surface area contributed by atoms with Crippen LogP contribution in [-0.4, -0.2) is 122 Å². The Hall–Kier alpha value is -3.66. The van der Waals surface area contributed by atoms with Gasteiger partial charge in [0.2, 0.25) is 23.6 Å². The van der Waals surface area contributed by atoms with E-state index in [9.17, 15) is 38.4 Å². The Labute approximate surface area is 240 Å². The van der Waals surface area contributed by atoms with Crippen LogP contribution in [0.25, 0.3) is 0 Å². The van der Waals surface area contributed by atoms with Crippen molar-refractivity contribution in [1.29, 1.82) is 0 Å². The molecule has 0 aliphatic carbocycles. The monoisotopic (exact) mass is 630 g/mol. The highest BCUT2D eigenvalue weighted by Gasteiger charge is 2.25. The zero-order valence-corrected chi connectivity index (χ0v) is 23.1. The molecule has 0 heterocycles. The molecule has 41 heavy (non-hydrogen) atoms. The Morgan fingerprint density at radius 3 is 1.20 bits per heavy atom. The lowest BCUT2D eigenvalue weighted by molar-refractivity contribution is -0.140. The van der Waals surface area contributed by atoms with E-state index in [1.165, 1.54) is 0 Å². The molecule has 19 nitrogen and oxygen atoms in total. The summed E-state index contributed by atoms with van der Waals surface area (Å²) in [6, 6.07) is -5.16. The van der Waals surface area contributed by atoms with Crippen LogP contribution < -0.4 is 32.7 Å². The maximum Gasteiger partial charge on any atom is 0.322 e. The van der Waals surface area contributed by atoms with Crippen LogP contribution in [0.15, 0.2) is 0 Å². The molecule has 4 amide bonds. The van der Waals surface area contributed by atoms with Gasteiger partial charge in [0.05, 0.1) is 0 Å². The number of carboxylic acid groups (broad SMARTS) is 4. The highest BCUT2D eigenvalue weighted by molar-refractivity contribution is 8.76. The van der Waals surface area contributed by atoms with Gasteiger partial charge in [0.25, 0.3) is 0 Å². The zero-order valence-electron chi connectivity index (χ0n) is 21.5. The first kappa shape index (κ1) is 39.5. The van der Waals surface area contributed by atoms with E-state index >= 15 is 0 Å². The van der Waals surface area contributed by atoms with Gasteiger partial charge in [-0.05, 0) is 12.8 Å². The number of carbonyl (C=O) groups excluding carboxylic acids is 4. The summed E-state index contributed by atoms with van der Waals surface area (Å²) in [5.74, 6) is -8.81. The minimum absolute atomic E-state index is 0. The van der Waals surface area contributed by atoms with Gasteiger partial charge in [0.1, 0.15) is 37.3 Å². The van der Waals surface area contributed by atoms with Crippen molar-refractivity contribution < 1.29 is 64.3 Å². The third kappa shape index (κ3) is 19.1. The third-order valence-corrected chi connectivity index (χ3v) is 7.11. The van der Waals surface area contributed by atoms with E-state index in [1.54, 1.807) is 0 Å². The van der Waals surface area contributed by atoms with Crippen LogP contribution in [0.2, 0.25) is 0 Å². The summed E-state index contributed by atoms with van der Waals surface area (Å²) in [5.41, 5.74) is 10.7. The second-order valence-electron chi connectivity index (χ2n) is 8.00. The van der Waals surface area contributed by atoms with Crippen molar-refractivity contribution in [3.8, 4) is 0 Å². The first-order chi connectivity index (χ1) is 18.6. The summed E-state index contributed by atoms with van der Waals surface area (Å²) < 4.78 is 0. The lowest BCUT2D eigenvalue weighted by Gasteiger charge is -2.20. The predicted octanol–water partition coefficient (Wildman–Crippen LogP) is -4.70. The molecule has 0 spiro atoms. The predicted molar refractivity (Wildman–Crippen MR) is 143 cm³/mol. The van der Waals surface area contributed by atoms with E-state index < -0.39 is 84.8 Å². The van der Waals surface area contributed by atoms with Gasteiger partial charge in [0, 0.05) is 24.3 Å². The molecule has 0 unspecified atom stereocenters. The highest BCUT2D eigenvalue weighted by atomic mass is 33.1. The Bertz CT molecular complexity index is 881. The van der Waals surface area contributed by atoms with E-state index in [1.807, 2.05) is 0 Å². The average molecular weight is 631 g/mol. The van der Waals surface area contributed by atoms with Crippen molar-refractivity contribution >= 4 is 69.1 Å². The number of nitrogens with one attached hydrogen (secondary N) is 4. The first-order valence-electron chi connectivity index (χ1n) is 11.4. The third-order valence-electron chi connectivity index (χ3n) is 4.68. The molecule has 0 saturated carbocycles. The maximum atomic E-state index is 12.4. The molecule has 234 valence electrons. The summed E-state index contributed by atoms with van der Waals surface area (Å²) in [6.45, 7) is -1.48. The quantitative estimate of drug-likeness (QED) is 0.0420. The van der Waals surface area contributed by atoms with Crippen LogP contribution in [0.4, 0.5) is 0 Å². The number of amides is 4. The van der Waals surface area contributed by atoms with Crippen LogP contribution in [0.1, 0.15) is 25.7 Å².